The van der Waals surface area contributed by atoms with Gasteiger partial charge in [-0.3, -0.25) is 20.4 Å². The van der Waals surface area contributed by atoms with E-state index in [1.54, 1.807) is 0 Å². The van der Waals surface area contributed by atoms with Gasteiger partial charge in [0.15, 0.2) is 6.10 Å². The van der Waals surface area contributed by atoms with Crippen LogP contribution in [0.1, 0.15) is 34.1 Å². The zero-order valence-corrected chi connectivity index (χ0v) is 12.7. The van der Waals surface area contributed by atoms with Crippen LogP contribution < -0.4 is 15.6 Å². The van der Waals surface area contributed by atoms with Gasteiger partial charge < -0.3 is 4.74 Å². The fraction of sp³-hybridized carbons (Fsp3) is 0.467. The lowest BCUT2D eigenvalue weighted by Crippen LogP contribution is -2.47. The molecule has 1 aromatic carbocycles. The lowest BCUT2D eigenvalue weighted by molar-refractivity contribution is -0.133. The highest BCUT2D eigenvalue weighted by atomic mass is 19.1. The van der Waals surface area contributed by atoms with Crippen molar-refractivity contribution in [2.75, 3.05) is 0 Å². The second kappa shape index (κ2) is 7.06. The second-order valence-corrected chi connectivity index (χ2v) is 5.99. The number of hydrogen-bond acceptors (Lipinski definition) is 3. The smallest absolute Gasteiger partial charge is 0.279 e. The molecule has 0 heterocycles. The van der Waals surface area contributed by atoms with Gasteiger partial charge in [-0.2, -0.15) is 0 Å². The second-order valence-electron chi connectivity index (χ2n) is 5.99. The molecular weight excluding hydrogens is 275 g/mol. The highest BCUT2D eigenvalue weighted by Crippen LogP contribution is 2.17. The first-order valence-electron chi connectivity index (χ1n) is 6.68. The van der Waals surface area contributed by atoms with Crippen LogP contribution in [0, 0.1) is 11.2 Å². The summed E-state index contributed by atoms with van der Waals surface area (Å²) in [5.41, 5.74) is 4.47. The standard InChI is InChI=1S/C15H21FN2O3/c1-10(21-12-7-5-11(16)6-8-12)14(20)18-17-13(19)9-15(2,3)4/h5-8,10H,9H2,1-4H3,(H,17,19)(H,18,20). The molecule has 116 valence electrons. The number of halogens is 1. The maximum absolute atomic E-state index is 12.7. The molecule has 0 aromatic heterocycles. The Bertz CT molecular complexity index is 495. The Morgan fingerprint density at radius 2 is 1.76 bits per heavy atom. The summed E-state index contributed by atoms with van der Waals surface area (Å²) in [6, 6.07) is 5.34. The maximum Gasteiger partial charge on any atom is 0.279 e. The number of amides is 2. The van der Waals surface area contributed by atoms with Crippen LogP contribution in [0.4, 0.5) is 4.39 Å². The van der Waals surface area contributed by atoms with Crippen LogP contribution in [0.25, 0.3) is 0 Å². The molecule has 2 N–H and O–H groups in total. The van der Waals surface area contributed by atoms with E-state index in [1.807, 2.05) is 20.8 Å². The number of ether oxygens (including phenoxy) is 1. The SMILES string of the molecule is CC(Oc1ccc(F)cc1)C(=O)NNC(=O)CC(C)(C)C. The highest BCUT2D eigenvalue weighted by Gasteiger charge is 2.18. The van der Waals surface area contributed by atoms with Crippen molar-refractivity contribution in [2.45, 2.75) is 40.2 Å². The van der Waals surface area contributed by atoms with Gasteiger partial charge in [0.1, 0.15) is 11.6 Å². The minimum absolute atomic E-state index is 0.162. The van der Waals surface area contributed by atoms with Crippen molar-refractivity contribution in [1.82, 2.24) is 10.9 Å². The van der Waals surface area contributed by atoms with E-state index >= 15 is 0 Å². The predicted octanol–water partition coefficient (Wildman–Crippen LogP) is 2.18. The summed E-state index contributed by atoms with van der Waals surface area (Å²) in [4.78, 5) is 23.3. The molecule has 5 nitrogen and oxygen atoms in total. The van der Waals surface area contributed by atoms with Crippen molar-refractivity contribution in [3.63, 3.8) is 0 Å². The first-order chi connectivity index (χ1) is 9.67. The molecule has 0 aliphatic rings. The van der Waals surface area contributed by atoms with Crippen molar-refractivity contribution in [2.24, 2.45) is 5.41 Å². The molecule has 0 spiro atoms. The third-order valence-corrected chi connectivity index (χ3v) is 2.51. The number of hydrazine groups is 1. The normalized spacial score (nSPS) is 12.4. The molecule has 0 bridgehead atoms. The van der Waals surface area contributed by atoms with Crippen molar-refractivity contribution in [1.29, 1.82) is 0 Å². The topological polar surface area (TPSA) is 67.4 Å². The van der Waals surface area contributed by atoms with Gasteiger partial charge >= 0.3 is 0 Å². The minimum atomic E-state index is -0.814. The number of nitrogens with one attached hydrogen (secondary N) is 2. The molecule has 0 fully saturated rings. The summed E-state index contributed by atoms with van der Waals surface area (Å²) in [6.07, 6.45) is -0.522. The van der Waals surface area contributed by atoms with Crippen molar-refractivity contribution in [3.8, 4) is 5.75 Å². The summed E-state index contributed by atoms with van der Waals surface area (Å²) in [5, 5.41) is 0. The zero-order valence-electron chi connectivity index (χ0n) is 12.7. The van der Waals surface area contributed by atoms with Gasteiger partial charge in [0, 0.05) is 6.42 Å². The van der Waals surface area contributed by atoms with E-state index in [0.717, 1.165) is 0 Å². The molecule has 0 aliphatic heterocycles. The fourth-order valence-corrected chi connectivity index (χ4v) is 1.53. The van der Waals surface area contributed by atoms with Crippen LogP contribution in [0.5, 0.6) is 5.75 Å². The Hall–Kier alpha value is -2.11. The van der Waals surface area contributed by atoms with E-state index in [-0.39, 0.29) is 17.1 Å². The molecule has 1 aromatic rings. The maximum atomic E-state index is 12.7. The Balaban J connectivity index is 2.41. The molecule has 6 heteroatoms. The number of rotatable bonds is 4. The van der Waals surface area contributed by atoms with Gasteiger partial charge in [-0.1, -0.05) is 20.8 Å². The monoisotopic (exact) mass is 296 g/mol. The van der Waals surface area contributed by atoms with E-state index in [0.29, 0.717) is 12.2 Å². The van der Waals surface area contributed by atoms with Gasteiger partial charge in [0.05, 0.1) is 0 Å². The molecule has 21 heavy (non-hydrogen) atoms. The van der Waals surface area contributed by atoms with E-state index in [2.05, 4.69) is 10.9 Å². The Labute approximate surface area is 123 Å². The van der Waals surface area contributed by atoms with Gasteiger partial charge in [-0.25, -0.2) is 4.39 Å². The van der Waals surface area contributed by atoms with E-state index in [4.69, 9.17) is 4.74 Å². The van der Waals surface area contributed by atoms with Crippen molar-refractivity contribution >= 4 is 11.8 Å². The summed E-state index contributed by atoms with van der Waals surface area (Å²) in [6.45, 7) is 7.31. The average molecular weight is 296 g/mol. The fourth-order valence-electron chi connectivity index (χ4n) is 1.53. The third kappa shape index (κ3) is 6.74. The summed E-state index contributed by atoms with van der Waals surface area (Å²) < 4.78 is 18.1. The lowest BCUT2D eigenvalue weighted by Gasteiger charge is -2.19. The van der Waals surface area contributed by atoms with Crippen LogP contribution in [0.15, 0.2) is 24.3 Å². The molecule has 1 unspecified atom stereocenters. The minimum Gasteiger partial charge on any atom is -0.481 e. The third-order valence-electron chi connectivity index (χ3n) is 2.51. The molecule has 0 aliphatic carbocycles. The Morgan fingerprint density at radius 1 is 1.19 bits per heavy atom. The molecule has 1 rings (SSSR count). The van der Waals surface area contributed by atoms with Crippen molar-refractivity contribution < 1.29 is 18.7 Å². The quantitative estimate of drug-likeness (QED) is 0.837. The predicted molar refractivity (Wildman–Crippen MR) is 76.8 cm³/mol. The van der Waals surface area contributed by atoms with Gasteiger partial charge in [0.25, 0.3) is 5.91 Å². The van der Waals surface area contributed by atoms with Crippen LogP contribution in [0.3, 0.4) is 0 Å². The Morgan fingerprint density at radius 3 is 2.29 bits per heavy atom. The van der Waals surface area contributed by atoms with Crippen molar-refractivity contribution in [3.05, 3.63) is 30.1 Å². The van der Waals surface area contributed by atoms with Crippen LogP contribution in [0.2, 0.25) is 0 Å². The van der Waals surface area contributed by atoms with E-state index in [1.165, 1.54) is 31.2 Å². The molecule has 1 atom stereocenters. The first-order valence-corrected chi connectivity index (χ1v) is 6.68. The molecule has 0 radical (unpaired) electrons. The molecule has 0 saturated heterocycles. The molecule has 2 amide bonds. The van der Waals surface area contributed by atoms with Crippen LogP contribution in [-0.2, 0) is 9.59 Å². The zero-order chi connectivity index (χ0) is 16.0. The van der Waals surface area contributed by atoms with Gasteiger partial charge in [0.2, 0.25) is 5.91 Å². The summed E-state index contributed by atoms with van der Waals surface area (Å²) in [5.74, 6) is -0.764. The number of hydrogen-bond donors (Lipinski definition) is 2. The van der Waals surface area contributed by atoms with E-state index in [9.17, 15) is 14.0 Å². The first kappa shape index (κ1) is 16.9. The lowest BCUT2D eigenvalue weighted by atomic mass is 9.92. The highest BCUT2D eigenvalue weighted by molar-refractivity contribution is 5.84. The Kier molecular flexibility index (Phi) is 5.69. The summed E-state index contributed by atoms with van der Waals surface area (Å²) in [7, 11) is 0. The largest absolute Gasteiger partial charge is 0.481 e. The number of carbonyl (C=O) groups is 2. The molecule has 0 saturated carbocycles. The summed E-state index contributed by atoms with van der Waals surface area (Å²) >= 11 is 0. The number of carbonyl (C=O) groups excluding carboxylic acids is 2. The van der Waals surface area contributed by atoms with Crippen LogP contribution in [-0.4, -0.2) is 17.9 Å². The molecular formula is C15H21FN2O3. The van der Waals surface area contributed by atoms with E-state index < -0.39 is 12.0 Å². The number of benzene rings is 1. The van der Waals surface area contributed by atoms with Gasteiger partial charge in [-0.15, -0.1) is 0 Å². The van der Waals surface area contributed by atoms with Crippen LogP contribution >= 0.6 is 0 Å². The van der Waals surface area contributed by atoms with Gasteiger partial charge in [-0.05, 0) is 36.6 Å². The average Bonchev–Trinajstić information content (AvgIpc) is 2.36.